The topological polar surface area (TPSA) is 127 Å². The minimum atomic E-state index is -1.04. The van der Waals surface area contributed by atoms with Crippen LogP contribution >= 0.6 is 0 Å². The van der Waals surface area contributed by atoms with Gasteiger partial charge in [-0.15, -0.1) is 13.2 Å². The van der Waals surface area contributed by atoms with Gasteiger partial charge in [0.25, 0.3) is 0 Å². The lowest BCUT2D eigenvalue weighted by atomic mass is 9.87. The fourth-order valence-corrected chi connectivity index (χ4v) is 4.52. The maximum absolute atomic E-state index is 12.3. The summed E-state index contributed by atoms with van der Waals surface area (Å²) in [6.07, 6.45) is 3.60. The van der Waals surface area contributed by atoms with Crippen molar-refractivity contribution in [2.45, 2.75) is 38.9 Å². The fourth-order valence-electron chi connectivity index (χ4n) is 4.52. The van der Waals surface area contributed by atoms with Crippen LogP contribution in [0.5, 0.6) is 11.5 Å². The largest absolute Gasteiger partial charge is 0.489 e. The van der Waals surface area contributed by atoms with Crippen LogP contribution in [0.1, 0.15) is 25.0 Å². The lowest BCUT2D eigenvalue weighted by Crippen LogP contribution is -2.31. The average Bonchev–Trinajstić information content (AvgIpc) is 3.01. The van der Waals surface area contributed by atoms with E-state index in [1.54, 1.807) is 32.1 Å². The summed E-state index contributed by atoms with van der Waals surface area (Å²) in [5.74, 6) is -1.25. The summed E-state index contributed by atoms with van der Waals surface area (Å²) in [6.45, 7) is 18.2. The highest BCUT2D eigenvalue weighted by Crippen LogP contribution is 2.44. The van der Waals surface area contributed by atoms with Crippen LogP contribution in [0.4, 0.5) is 0 Å². The van der Waals surface area contributed by atoms with Crippen LogP contribution in [0.25, 0.3) is 10.8 Å². The molecule has 0 saturated heterocycles. The first-order valence-electron chi connectivity index (χ1n) is 14.4. The van der Waals surface area contributed by atoms with Gasteiger partial charge in [-0.1, -0.05) is 55.7 Å². The molecule has 240 valence electrons. The summed E-state index contributed by atoms with van der Waals surface area (Å²) in [6, 6.07) is 7.38. The zero-order chi connectivity index (χ0) is 32.9. The fraction of sp³-hybridized carbons (Fsp3) is 0.343. The summed E-state index contributed by atoms with van der Waals surface area (Å²) in [7, 11) is 0. The van der Waals surface area contributed by atoms with E-state index in [-0.39, 0.29) is 69.2 Å². The van der Waals surface area contributed by atoms with Gasteiger partial charge in [-0.2, -0.15) is 0 Å². The van der Waals surface area contributed by atoms with Gasteiger partial charge in [-0.3, -0.25) is 0 Å². The van der Waals surface area contributed by atoms with E-state index in [1.807, 2.05) is 24.3 Å². The van der Waals surface area contributed by atoms with Crippen LogP contribution in [0.2, 0.25) is 0 Å². The Morgan fingerprint density at radius 2 is 1.27 bits per heavy atom. The summed E-state index contributed by atoms with van der Waals surface area (Å²) < 4.78 is 34.9. The Morgan fingerprint density at radius 1 is 0.800 bits per heavy atom. The van der Waals surface area contributed by atoms with Crippen molar-refractivity contribution >= 4 is 28.7 Å². The maximum Gasteiger partial charge on any atom is 0.333 e. The number of carboxylic acids is 1. The van der Waals surface area contributed by atoms with Crippen molar-refractivity contribution in [3.05, 3.63) is 96.7 Å². The molecule has 0 spiro atoms. The third-order valence-corrected chi connectivity index (χ3v) is 6.67. The molecule has 0 radical (unpaired) electrons. The molecule has 0 aromatic heterocycles. The molecule has 1 aliphatic rings. The number of carboxylic acid groups (broad SMARTS) is 1. The zero-order valence-corrected chi connectivity index (χ0v) is 25.8. The van der Waals surface area contributed by atoms with E-state index in [1.165, 1.54) is 0 Å². The number of benzene rings is 2. The van der Waals surface area contributed by atoms with Crippen LogP contribution in [0.15, 0.2) is 85.5 Å². The molecule has 45 heavy (non-hydrogen) atoms. The number of allylic oxidation sites excluding steroid dienone is 1. The quantitative estimate of drug-likeness (QED) is 0.0982. The number of ether oxygens (including phenoxy) is 6. The molecule has 0 amide bonds. The van der Waals surface area contributed by atoms with E-state index in [9.17, 15) is 19.5 Å². The molecule has 3 rings (SSSR count). The summed E-state index contributed by atoms with van der Waals surface area (Å²) in [5.41, 5.74) is 2.02. The van der Waals surface area contributed by atoms with Gasteiger partial charge >= 0.3 is 17.9 Å². The van der Waals surface area contributed by atoms with E-state index in [2.05, 4.69) is 26.3 Å². The molecule has 2 aromatic carbocycles. The van der Waals surface area contributed by atoms with E-state index in [4.69, 9.17) is 28.4 Å². The molecule has 0 saturated carbocycles. The minimum Gasteiger partial charge on any atom is -0.489 e. The molecule has 0 fully saturated rings. The van der Waals surface area contributed by atoms with Gasteiger partial charge in [-0.25, -0.2) is 14.4 Å². The number of hydrogen-bond acceptors (Lipinski definition) is 9. The number of esters is 2. The second kappa shape index (κ2) is 17.0. The van der Waals surface area contributed by atoms with E-state index in [0.717, 1.165) is 5.56 Å². The Labute approximate surface area is 263 Å². The summed E-state index contributed by atoms with van der Waals surface area (Å²) in [4.78, 5) is 36.7. The van der Waals surface area contributed by atoms with E-state index < -0.39 is 30.1 Å². The highest BCUT2D eigenvalue weighted by molar-refractivity contribution is 5.98. The molecule has 10 heteroatoms. The number of hydrogen-bond donors (Lipinski definition) is 1. The second-order valence-corrected chi connectivity index (χ2v) is 10.5. The molecular weight excluding hydrogens is 580 g/mol. The van der Waals surface area contributed by atoms with Gasteiger partial charge in [0.1, 0.15) is 24.7 Å². The Hall–Kier alpha value is -4.67. The first-order chi connectivity index (χ1) is 21.6. The van der Waals surface area contributed by atoms with Crippen molar-refractivity contribution in [2.24, 2.45) is 0 Å². The van der Waals surface area contributed by atoms with Crippen molar-refractivity contribution in [1.29, 1.82) is 0 Å². The Bertz CT molecular complexity index is 1490. The first kappa shape index (κ1) is 34.8. The van der Waals surface area contributed by atoms with Crippen LogP contribution in [-0.4, -0.2) is 74.9 Å². The zero-order valence-electron chi connectivity index (χ0n) is 25.8. The van der Waals surface area contributed by atoms with Crippen LogP contribution in [0.3, 0.4) is 0 Å². The third kappa shape index (κ3) is 9.66. The van der Waals surface area contributed by atoms with Crippen molar-refractivity contribution in [2.75, 3.05) is 39.6 Å². The van der Waals surface area contributed by atoms with Gasteiger partial charge in [0.2, 0.25) is 0 Å². The summed E-state index contributed by atoms with van der Waals surface area (Å²) >= 11 is 0. The standard InChI is InChI=1S/C35H40O10/c1-7-15-40-18-25(44-34(38)22(3)4)20-42-31-27-11-9-10-12-28(27)32(30-17-24(33(36)37)13-14-29(30)31)43-21-26(19-41-16-8-2)45-35(39)23(5)6/h7-13,25-26H,1-3,5,14-21H2,4,6H3,(H,36,37). The van der Waals surface area contributed by atoms with Crippen molar-refractivity contribution in [3.8, 4) is 11.5 Å². The van der Waals surface area contributed by atoms with Gasteiger partial charge in [0.05, 0.1) is 26.4 Å². The monoisotopic (exact) mass is 620 g/mol. The van der Waals surface area contributed by atoms with E-state index >= 15 is 0 Å². The highest BCUT2D eigenvalue weighted by atomic mass is 16.6. The molecule has 10 nitrogen and oxygen atoms in total. The van der Waals surface area contributed by atoms with Crippen LogP contribution < -0.4 is 9.47 Å². The van der Waals surface area contributed by atoms with Crippen LogP contribution in [-0.2, 0) is 46.2 Å². The van der Waals surface area contributed by atoms with Gasteiger partial charge < -0.3 is 33.5 Å². The first-order valence-corrected chi connectivity index (χ1v) is 14.4. The van der Waals surface area contributed by atoms with Crippen molar-refractivity contribution in [1.82, 2.24) is 0 Å². The van der Waals surface area contributed by atoms with Gasteiger partial charge in [0, 0.05) is 45.0 Å². The number of fused-ring (bicyclic) bond motifs is 2. The number of carbonyl (C=O) groups is 3. The molecule has 2 unspecified atom stereocenters. The number of carbonyl (C=O) groups excluding carboxylic acids is 2. The molecule has 1 aliphatic carbocycles. The highest BCUT2D eigenvalue weighted by Gasteiger charge is 2.28. The van der Waals surface area contributed by atoms with Crippen molar-refractivity contribution in [3.63, 3.8) is 0 Å². The molecule has 1 N–H and O–H groups in total. The average molecular weight is 621 g/mol. The van der Waals surface area contributed by atoms with Gasteiger partial charge in [-0.05, 0) is 20.3 Å². The molecule has 2 atom stereocenters. The minimum absolute atomic E-state index is 0.0398. The molecule has 0 aliphatic heterocycles. The number of rotatable bonds is 19. The van der Waals surface area contributed by atoms with Crippen molar-refractivity contribution < 1.29 is 47.9 Å². The number of aliphatic carboxylic acids is 1. The second-order valence-electron chi connectivity index (χ2n) is 10.5. The SMILES string of the molecule is C=CCOCC(COc1c2c(c(OCC(COCC=C)OC(=O)C(=C)C)c3ccccc13)CC(C(=O)O)=CC2)OC(=O)C(=C)C. The molecule has 0 heterocycles. The third-order valence-electron chi connectivity index (χ3n) is 6.67. The smallest absolute Gasteiger partial charge is 0.333 e. The lowest BCUT2D eigenvalue weighted by Gasteiger charge is -2.27. The molecule has 0 bridgehead atoms. The Kier molecular flexibility index (Phi) is 13.1. The lowest BCUT2D eigenvalue weighted by molar-refractivity contribution is -0.149. The Balaban J connectivity index is 2.02. The summed E-state index contributed by atoms with van der Waals surface area (Å²) in [5, 5.41) is 11.2. The molecule has 2 aromatic rings. The maximum atomic E-state index is 12.3. The predicted molar refractivity (Wildman–Crippen MR) is 169 cm³/mol. The van der Waals surface area contributed by atoms with Crippen LogP contribution in [0, 0.1) is 0 Å². The molecular formula is C35H40O10. The van der Waals surface area contributed by atoms with Gasteiger partial charge in [0.15, 0.2) is 12.2 Å². The normalized spacial score (nSPS) is 13.4. The Morgan fingerprint density at radius 3 is 1.69 bits per heavy atom. The van der Waals surface area contributed by atoms with E-state index in [0.29, 0.717) is 27.8 Å². The predicted octanol–water partition coefficient (Wildman–Crippen LogP) is 5.09.